The number of quaternary nitrogens is 2. The van der Waals surface area contributed by atoms with Crippen LogP contribution in [0.4, 0.5) is 0 Å². The molecule has 2 saturated heterocycles. The third-order valence-corrected chi connectivity index (χ3v) is 9.76. The summed E-state index contributed by atoms with van der Waals surface area (Å²) in [7, 11) is 0. The summed E-state index contributed by atoms with van der Waals surface area (Å²) in [5.74, 6) is -0.768. The predicted octanol–water partition coefficient (Wildman–Crippen LogP) is 0.450. The predicted molar refractivity (Wildman–Crippen MR) is 212 cm³/mol. The standard InChI is InChI=1S/C40H78N4O14/c1-35(2)39(47)41-43(11-7-5-8-12-43)37(45)33-57-31-29-55-27-25-53-23-21-51-19-17-49-15-16-50-18-20-52-22-24-54-26-28-56-30-32-58-34-38(46)44(13-9-6-10-14-44)42-40(48)36(3)4/h35-38,45-46H,5-34H2,1-4H3. The van der Waals surface area contributed by atoms with Crippen molar-refractivity contribution >= 4 is 11.8 Å². The molecule has 0 aromatic rings. The molecule has 2 heterocycles. The van der Waals surface area contributed by atoms with Gasteiger partial charge >= 0.3 is 0 Å². The molecule has 2 N–H and O–H groups in total. The summed E-state index contributed by atoms with van der Waals surface area (Å²) < 4.78 is 55.5. The van der Waals surface area contributed by atoms with E-state index in [4.69, 9.17) is 47.4 Å². The Hall–Kier alpha value is -1.62. The minimum atomic E-state index is -0.868. The number of nitrogens with zero attached hydrogens (tertiary/aromatic N) is 4. The number of likely N-dealkylation sites (tertiary alicyclic amines) is 2. The highest BCUT2D eigenvalue weighted by molar-refractivity contribution is 5.73. The van der Waals surface area contributed by atoms with Crippen LogP contribution in [-0.4, -0.2) is 202 Å². The van der Waals surface area contributed by atoms with Gasteiger partial charge in [-0.1, -0.05) is 27.7 Å². The first-order valence-electron chi connectivity index (χ1n) is 21.5. The first-order chi connectivity index (χ1) is 28.1. The maximum Gasteiger partial charge on any atom is 0.239 e. The molecule has 0 radical (unpaired) electrons. The van der Waals surface area contributed by atoms with Crippen molar-refractivity contribution in [2.75, 3.05) is 158 Å². The summed E-state index contributed by atoms with van der Waals surface area (Å²) in [6, 6.07) is 0. The van der Waals surface area contributed by atoms with Crippen LogP contribution in [0.25, 0.3) is 0 Å². The molecule has 0 bridgehead atoms. The fourth-order valence-electron chi connectivity index (χ4n) is 6.20. The highest BCUT2D eigenvalue weighted by Crippen LogP contribution is 2.25. The van der Waals surface area contributed by atoms with Crippen LogP contribution in [0.1, 0.15) is 66.2 Å². The lowest BCUT2D eigenvalue weighted by atomic mass is 10.1. The van der Waals surface area contributed by atoms with Gasteiger partial charge in [-0.15, -0.1) is 10.2 Å². The van der Waals surface area contributed by atoms with Gasteiger partial charge in [0.15, 0.2) is 0 Å². The second-order valence-corrected chi connectivity index (χ2v) is 15.2. The van der Waals surface area contributed by atoms with Crippen molar-refractivity contribution in [1.82, 2.24) is 0 Å². The Morgan fingerprint density at radius 1 is 0.397 bits per heavy atom. The van der Waals surface area contributed by atoms with Crippen molar-refractivity contribution in [1.29, 1.82) is 0 Å². The van der Waals surface area contributed by atoms with E-state index in [9.17, 15) is 20.4 Å². The third-order valence-electron chi connectivity index (χ3n) is 9.76. The number of hydrogen-bond acceptors (Lipinski definition) is 16. The van der Waals surface area contributed by atoms with Gasteiger partial charge in [0.05, 0.1) is 119 Å². The van der Waals surface area contributed by atoms with Crippen molar-refractivity contribution in [3.8, 4) is 0 Å². The molecule has 2 rings (SSSR count). The summed E-state index contributed by atoms with van der Waals surface area (Å²) in [5, 5.41) is 54.9. The summed E-state index contributed by atoms with van der Waals surface area (Å²) in [4.78, 5) is 0. The lowest BCUT2D eigenvalue weighted by Gasteiger charge is -2.40. The Kier molecular flexibility index (Phi) is 29.9. The minimum Gasteiger partial charge on any atom is -0.858 e. The second-order valence-electron chi connectivity index (χ2n) is 15.2. The van der Waals surface area contributed by atoms with Gasteiger partial charge in [0, 0.05) is 11.8 Å². The molecule has 18 heteroatoms. The van der Waals surface area contributed by atoms with Gasteiger partial charge in [-0.2, -0.15) is 9.18 Å². The van der Waals surface area contributed by atoms with E-state index in [2.05, 4.69) is 10.2 Å². The number of aliphatic hydroxyl groups excluding tert-OH is 2. The average molecular weight is 839 g/mol. The zero-order chi connectivity index (χ0) is 42.2. The molecule has 58 heavy (non-hydrogen) atoms. The summed E-state index contributed by atoms with van der Waals surface area (Å²) in [5.41, 5.74) is 0. The molecular weight excluding hydrogens is 760 g/mol. The van der Waals surface area contributed by atoms with Crippen LogP contribution in [0, 0.1) is 11.8 Å². The Bertz CT molecular complexity index is 965. The van der Waals surface area contributed by atoms with E-state index in [1.165, 1.54) is 0 Å². The summed E-state index contributed by atoms with van der Waals surface area (Å²) in [6.45, 7) is 17.9. The summed E-state index contributed by atoms with van der Waals surface area (Å²) >= 11 is 0. The molecule has 0 aliphatic carbocycles. The van der Waals surface area contributed by atoms with E-state index >= 15 is 0 Å². The van der Waals surface area contributed by atoms with Gasteiger partial charge in [-0.25, -0.2) is 0 Å². The molecule has 0 aromatic carbocycles. The Labute approximate surface area is 347 Å². The van der Waals surface area contributed by atoms with E-state index in [1.54, 1.807) is 0 Å². The lowest BCUT2D eigenvalue weighted by Crippen LogP contribution is -2.57. The normalized spacial score (nSPS) is 18.6. The number of hydrogen-bond donors (Lipinski definition) is 2. The van der Waals surface area contributed by atoms with Crippen molar-refractivity contribution < 1.29 is 77.0 Å². The topological polar surface area (TPSA) is 204 Å². The lowest BCUT2D eigenvalue weighted by molar-refractivity contribution is -0.982. The number of piperidine rings is 2. The molecule has 0 aromatic heterocycles. The molecule has 2 unspecified atom stereocenters. The maximum atomic E-state index is 12.3. The third kappa shape index (κ3) is 23.4. The van der Waals surface area contributed by atoms with E-state index in [1.807, 2.05) is 27.7 Å². The Balaban J connectivity index is 1.27. The zero-order valence-corrected chi connectivity index (χ0v) is 36.1. The fraction of sp³-hybridized carbons (Fsp3) is 0.950. The van der Waals surface area contributed by atoms with Crippen molar-refractivity contribution in [3.63, 3.8) is 0 Å². The van der Waals surface area contributed by atoms with Crippen LogP contribution < -0.4 is 10.2 Å². The SMILES string of the molecule is CC(C)/C([O-])=N/[N+]1(C(O)COCCOCCOCCOCCOCCOCCOCCOCCOCCOCC(O)[N+]2(/N=C(\[O-])C(C)C)CCCCC2)CCCCC1. The van der Waals surface area contributed by atoms with Crippen LogP contribution in [0.3, 0.4) is 0 Å². The molecule has 342 valence electrons. The molecule has 18 nitrogen and oxygen atoms in total. The van der Waals surface area contributed by atoms with Gasteiger partial charge in [0.25, 0.3) is 0 Å². The first-order valence-corrected chi connectivity index (χ1v) is 21.5. The van der Waals surface area contributed by atoms with E-state index < -0.39 is 12.5 Å². The molecule has 2 fully saturated rings. The van der Waals surface area contributed by atoms with Crippen molar-refractivity contribution in [3.05, 3.63) is 0 Å². The molecule has 0 saturated carbocycles. The fourth-order valence-corrected chi connectivity index (χ4v) is 6.20. The molecule has 2 aliphatic heterocycles. The van der Waals surface area contributed by atoms with Gasteiger partial charge in [0.1, 0.15) is 39.4 Å². The van der Waals surface area contributed by atoms with Gasteiger partial charge in [-0.05, 0) is 50.4 Å². The van der Waals surface area contributed by atoms with Crippen LogP contribution in [-0.2, 0) is 47.4 Å². The number of aliphatic hydroxyl groups is 2. The van der Waals surface area contributed by atoms with Gasteiger partial charge < -0.3 is 67.8 Å². The monoisotopic (exact) mass is 839 g/mol. The van der Waals surface area contributed by atoms with Crippen molar-refractivity contribution in [2.45, 2.75) is 78.7 Å². The van der Waals surface area contributed by atoms with Crippen LogP contribution in [0.15, 0.2) is 10.2 Å². The number of ether oxygens (including phenoxy) is 10. The van der Waals surface area contributed by atoms with Gasteiger partial charge in [0.2, 0.25) is 12.5 Å². The average Bonchev–Trinajstić information content (AvgIpc) is 3.21. The van der Waals surface area contributed by atoms with Crippen molar-refractivity contribution in [2.24, 2.45) is 22.0 Å². The Morgan fingerprint density at radius 3 is 0.810 bits per heavy atom. The number of rotatable bonds is 37. The van der Waals surface area contributed by atoms with E-state index in [0.29, 0.717) is 145 Å². The van der Waals surface area contributed by atoms with Crippen LogP contribution >= 0.6 is 0 Å². The zero-order valence-electron chi connectivity index (χ0n) is 36.1. The van der Waals surface area contributed by atoms with E-state index in [0.717, 1.165) is 38.5 Å². The molecular formula is C40H78N4O14. The molecule has 2 atom stereocenters. The van der Waals surface area contributed by atoms with Crippen LogP contribution in [0.2, 0.25) is 0 Å². The Morgan fingerprint density at radius 2 is 0.603 bits per heavy atom. The summed E-state index contributed by atoms with van der Waals surface area (Å²) in [6.07, 6.45) is 4.15. The molecule has 2 aliphatic rings. The van der Waals surface area contributed by atoms with E-state index in [-0.39, 0.29) is 46.0 Å². The largest absolute Gasteiger partial charge is 0.858 e. The van der Waals surface area contributed by atoms with Gasteiger partial charge in [-0.3, -0.25) is 0 Å². The highest BCUT2D eigenvalue weighted by atomic mass is 16.6. The maximum absolute atomic E-state index is 12.3. The quantitative estimate of drug-likeness (QED) is 0.0378. The molecule has 0 amide bonds. The highest BCUT2D eigenvalue weighted by Gasteiger charge is 2.39. The first kappa shape index (κ1) is 52.5. The smallest absolute Gasteiger partial charge is 0.239 e. The van der Waals surface area contributed by atoms with Crippen LogP contribution in [0.5, 0.6) is 0 Å². The second kappa shape index (κ2) is 33.1. The minimum absolute atomic E-state index is 0.0422. The molecule has 0 spiro atoms.